The molecule has 2 fully saturated rings. The van der Waals surface area contributed by atoms with Gasteiger partial charge in [0, 0.05) is 30.8 Å². The summed E-state index contributed by atoms with van der Waals surface area (Å²) < 4.78 is 10.7. The quantitative estimate of drug-likeness (QED) is 0.840. The van der Waals surface area contributed by atoms with Crippen LogP contribution in [-0.2, 0) is 9.59 Å². The number of nitrogens with one attached hydrogen (secondary N) is 1. The smallest absolute Gasteiger partial charge is 0.241 e. The fourth-order valence-electron chi connectivity index (χ4n) is 4.47. The van der Waals surface area contributed by atoms with E-state index in [9.17, 15) is 9.59 Å². The molecule has 1 aromatic rings. The van der Waals surface area contributed by atoms with Crippen LogP contribution >= 0.6 is 0 Å². The Morgan fingerprint density at radius 3 is 2.41 bits per heavy atom. The van der Waals surface area contributed by atoms with Crippen molar-refractivity contribution >= 4 is 17.5 Å². The molecule has 0 bridgehead atoms. The van der Waals surface area contributed by atoms with Gasteiger partial charge >= 0.3 is 0 Å². The molecular weight excluding hydrogens is 370 g/mol. The highest BCUT2D eigenvalue weighted by molar-refractivity contribution is 5.94. The number of fused-ring (bicyclic) bond motifs is 1. The molecule has 7 nitrogen and oxygen atoms in total. The Morgan fingerprint density at radius 2 is 1.69 bits per heavy atom. The van der Waals surface area contributed by atoms with Gasteiger partial charge in [-0.05, 0) is 57.8 Å². The third-order valence-electron chi connectivity index (χ3n) is 6.36. The topological polar surface area (TPSA) is 71.1 Å². The van der Waals surface area contributed by atoms with Gasteiger partial charge in [-0.3, -0.25) is 14.5 Å². The van der Waals surface area contributed by atoms with Crippen LogP contribution in [-0.4, -0.2) is 60.6 Å². The molecular formula is C22H31N3O4. The number of nitrogens with zero attached hydrogens (tertiary/aromatic N) is 2. The van der Waals surface area contributed by atoms with Gasteiger partial charge < -0.3 is 19.7 Å². The van der Waals surface area contributed by atoms with E-state index in [-0.39, 0.29) is 24.7 Å². The van der Waals surface area contributed by atoms with E-state index in [1.807, 2.05) is 19.1 Å². The van der Waals surface area contributed by atoms with Crippen molar-refractivity contribution in [2.45, 2.75) is 51.5 Å². The first-order valence-electron chi connectivity index (χ1n) is 10.8. The minimum absolute atomic E-state index is 0.0406. The number of hydrogen-bond acceptors (Lipinski definition) is 5. The van der Waals surface area contributed by atoms with Crippen molar-refractivity contribution in [1.82, 2.24) is 9.80 Å². The van der Waals surface area contributed by atoms with E-state index >= 15 is 0 Å². The Bertz CT molecular complexity index is 738. The maximum atomic E-state index is 12.9. The van der Waals surface area contributed by atoms with Gasteiger partial charge in [-0.15, -0.1) is 0 Å². The number of rotatable bonds is 4. The van der Waals surface area contributed by atoms with E-state index in [0.717, 1.165) is 51.9 Å². The highest BCUT2D eigenvalue weighted by Crippen LogP contribution is 2.34. The van der Waals surface area contributed by atoms with Crippen molar-refractivity contribution in [3.05, 3.63) is 18.2 Å². The maximum absolute atomic E-state index is 12.9. The lowest BCUT2D eigenvalue weighted by Gasteiger charge is -2.36. The van der Waals surface area contributed by atoms with E-state index in [0.29, 0.717) is 23.1 Å². The Morgan fingerprint density at radius 1 is 1.00 bits per heavy atom. The second kappa shape index (κ2) is 9.03. The molecule has 4 rings (SSSR count). The minimum Gasteiger partial charge on any atom is -0.454 e. The molecule has 158 valence electrons. The van der Waals surface area contributed by atoms with Crippen LogP contribution in [0, 0.1) is 5.92 Å². The molecule has 0 unspecified atom stereocenters. The summed E-state index contributed by atoms with van der Waals surface area (Å²) in [5.74, 6) is 1.74. The van der Waals surface area contributed by atoms with Crippen LogP contribution in [0.4, 0.5) is 5.69 Å². The third kappa shape index (κ3) is 4.66. The van der Waals surface area contributed by atoms with E-state index < -0.39 is 0 Å². The van der Waals surface area contributed by atoms with Crippen molar-refractivity contribution < 1.29 is 19.1 Å². The number of anilines is 1. The Balaban J connectivity index is 1.27. The average molecular weight is 402 g/mol. The Hall–Kier alpha value is -2.28. The molecule has 1 N–H and O–H groups in total. The minimum atomic E-state index is -0.241. The molecule has 3 heterocycles. The zero-order chi connectivity index (χ0) is 20.2. The SMILES string of the molecule is C[C@H](C(=O)Nc1ccc2c(c1)OCO2)N1CCC(C(=O)N2CCCCCC2)CC1. The van der Waals surface area contributed by atoms with E-state index in [2.05, 4.69) is 15.1 Å². The van der Waals surface area contributed by atoms with Crippen LogP contribution in [0.3, 0.4) is 0 Å². The number of benzene rings is 1. The lowest BCUT2D eigenvalue weighted by Crippen LogP contribution is -2.48. The highest BCUT2D eigenvalue weighted by Gasteiger charge is 2.32. The van der Waals surface area contributed by atoms with Crippen molar-refractivity contribution in [3.8, 4) is 11.5 Å². The van der Waals surface area contributed by atoms with Crippen molar-refractivity contribution in [2.75, 3.05) is 38.3 Å². The van der Waals surface area contributed by atoms with Gasteiger partial charge in [-0.1, -0.05) is 12.8 Å². The lowest BCUT2D eigenvalue weighted by molar-refractivity contribution is -0.137. The monoisotopic (exact) mass is 401 g/mol. The van der Waals surface area contributed by atoms with Gasteiger partial charge in [0.2, 0.25) is 18.6 Å². The number of carbonyl (C=O) groups excluding carboxylic acids is 2. The van der Waals surface area contributed by atoms with Gasteiger partial charge in [0.05, 0.1) is 6.04 Å². The summed E-state index contributed by atoms with van der Waals surface area (Å²) in [4.78, 5) is 29.8. The number of hydrogen-bond donors (Lipinski definition) is 1. The summed E-state index contributed by atoms with van der Waals surface area (Å²) in [5.41, 5.74) is 0.706. The fourth-order valence-corrected chi connectivity index (χ4v) is 4.47. The second-order valence-corrected chi connectivity index (χ2v) is 8.28. The molecule has 1 aromatic carbocycles. The summed E-state index contributed by atoms with van der Waals surface area (Å²) in [7, 11) is 0. The summed E-state index contributed by atoms with van der Waals surface area (Å²) in [6.45, 7) is 5.52. The summed E-state index contributed by atoms with van der Waals surface area (Å²) >= 11 is 0. The van der Waals surface area contributed by atoms with Gasteiger partial charge in [0.25, 0.3) is 0 Å². The third-order valence-corrected chi connectivity index (χ3v) is 6.36. The average Bonchev–Trinajstić information content (AvgIpc) is 3.04. The summed E-state index contributed by atoms with van der Waals surface area (Å²) in [6, 6.07) is 5.18. The molecule has 0 aromatic heterocycles. The number of amides is 2. The van der Waals surface area contributed by atoms with Crippen LogP contribution in [0.5, 0.6) is 11.5 Å². The van der Waals surface area contributed by atoms with Gasteiger partial charge in [-0.25, -0.2) is 0 Å². The van der Waals surface area contributed by atoms with Crippen LogP contribution in [0.15, 0.2) is 18.2 Å². The summed E-state index contributed by atoms with van der Waals surface area (Å²) in [6.07, 6.45) is 6.38. The number of ether oxygens (including phenoxy) is 2. The van der Waals surface area contributed by atoms with Crippen molar-refractivity contribution in [1.29, 1.82) is 0 Å². The number of likely N-dealkylation sites (tertiary alicyclic amines) is 2. The predicted octanol–water partition coefficient (Wildman–Crippen LogP) is 2.86. The first-order valence-corrected chi connectivity index (χ1v) is 10.8. The highest BCUT2D eigenvalue weighted by atomic mass is 16.7. The van der Waals surface area contributed by atoms with Crippen LogP contribution in [0.1, 0.15) is 45.4 Å². The molecule has 0 saturated carbocycles. The first-order chi connectivity index (χ1) is 14.1. The van der Waals surface area contributed by atoms with Crippen LogP contribution in [0.2, 0.25) is 0 Å². The molecule has 29 heavy (non-hydrogen) atoms. The van der Waals surface area contributed by atoms with Crippen LogP contribution < -0.4 is 14.8 Å². The zero-order valence-corrected chi connectivity index (χ0v) is 17.2. The molecule has 0 radical (unpaired) electrons. The van der Waals surface area contributed by atoms with Gasteiger partial charge in [0.15, 0.2) is 11.5 Å². The lowest BCUT2D eigenvalue weighted by atomic mass is 9.94. The zero-order valence-electron chi connectivity index (χ0n) is 17.2. The van der Waals surface area contributed by atoms with E-state index in [1.54, 1.807) is 6.07 Å². The molecule has 3 aliphatic rings. The molecule has 3 aliphatic heterocycles. The Labute approximate surface area is 172 Å². The first kappa shape index (κ1) is 20.0. The Kier molecular flexibility index (Phi) is 6.23. The number of carbonyl (C=O) groups is 2. The van der Waals surface area contributed by atoms with Crippen LogP contribution in [0.25, 0.3) is 0 Å². The largest absolute Gasteiger partial charge is 0.454 e. The molecule has 2 saturated heterocycles. The number of piperidine rings is 1. The molecule has 2 amide bonds. The summed E-state index contributed by atoms with van der Waals surface area (Å²) in [5, 5.41) is 2.97. The van der Waals surface area contributed by atoms with Crippen molar-refractivity contribution in [2.24, 2.45) is 5.92 Å². The molecule has 1 atom stereocenters. The predicted molar refractivity (Wildman–Crippen MR) is 110 cm³/mol. The maximum Gasteiger partial charge on any atom is 0.241 e. The second-order valence-electron chi connectivity index (χ2n) is 8.28. The molecule has 0 aliphatic carbocycles. The normalized spacial score (nSPS) is 21.5. The van der Waals surface area contributed by atoms with E-state index in [4.69, 9.17) is 9.47 Å². The fraction of sp³-hybridized carbons (Fsp3) is 0.636. The van der Waals surface area contributed by atoms with Gasteiger partial charge in [-0.2, -0.15) is 0 Å². The van der Waals surface area contributed by atoms with Gasteiger partial charge in [0.1, 0.15) is 0 Å². The standard InChI is InChI=1S/C22H31N3O4/c1-16(21(26)23-18-6-7-19-20(14-18)29-15-28-19)24-12-8-17(9-13-24)22(27)25-10-4-2-3-5-11-25/h6-7,14,16-17H,2-5,8-13,15H2,1H3,(H,23,26)/t16-/m1/s1. The molecule has 0 spiro atoms. The van der Waals surface area contributed by atoms with E-state index in [1.165, 1.54) is 12.8 Å². The van der Waals surface area contributed by atoms with Crippen molar-refractivity contribution in [3.63, 3.8) is 0 Å². The molecule has 7 heteroatoms.